The quantitative estimate of drug-likeness (QED) is 0.673. The smallest absolute Gasteiger partial charge is 0.371 e. The molecule has 0 amide bonds. The van der Waals surface area contributed by atoms with Crippen LogP contribution < -0.4 is 4.90 Å². The fourth-order valence-corrected chi connectivity index (χ4v) is 3.41. The van der Waals surface area contributed by atoms with Crippen molar-refractivity contribution in [2.45, 2.75) is 24.3 Å². The van der Waals surface area contributed by atoms with Gasteiger partial charge in [-0.2, -0.15) is 13.2 Å². The average Bonchev–Trinajstić information content (AvgIpc) is 2.37. The molecule has 0 atom stereocenters. The molecule has 1 heterocycles. The number of rotatable bonds is 2. The van der Waals surface area contributed by atoms with Crippen molar-refractivity contribution in [3.8, 4) is 0 Å². The number of hydrogen-bond donors (Lipinski definition) is 0. The van der Waals surface area contributed by atoms with Crippen molar-refractivity contribution < 1.29 is 13.2 Å². The van der Waals surface area contributed by atoms with Crippen molar-refractivity contribution in [1.29, 1.82) is 0 Å². The second-order valence-electron chi connectivity index (χ2n) is 4.67. The maximum absolute atomic E-state index is 12.6. The lowest BCUT2D eigenvalue weighted by Crippen LogP contribution is -2.39. The van der Waals surface area contributed by atoms with Crippen LogP contribution in [0.1, 0.15) is 18.4 Å². The number of alkyl halides is 4. The first-order valence-electron chi connectivity index (χ1n) is 6.08. The van der Waals surface area contributed by atoms with E-state index in [4.69, 9.17) is 11.6 Å². The molecule has 1 aromatic rings. The summed E-state index contributed by atoms with van der Waals surface area (Å²) in [6.07, 6.45) is -3.77. The van der Waals surface area contributed by atoms with Crippen LogP contribution in [-0.4, -0.2) is 19.3 Å². The minimum atomic E-state index is -4.07. The molecule has 1 nitrogen and oxygen atoms in total. The molecule has 0 bridgehead atoms. The Morgan fingerprint density at radius 3 is 2.42 bits per heavy atom. The largest absolute Gasteiger partial charge is 0.391 e. The second-order valence-corrected chi connectivity index (χ2v) is 5.64. The zero-order chi connectivity index (χ0) is 14.0. The van der Waals surface area contributed by atoms with Crippen molar-refractivity contribution in [3.05, 3.63) is 28.8 Å². The predicted molar refractivity (Wildman–Crippen MR) is 75.1 cm³/mol. The van der Waals surface area contributed by atoms with Crippen molar-refractivity contribution in [3.63, 3.8) is 0 Å². The summed E-state index contributed by atoms with van der Waals surface area (Å²) >= 11 is 9.49. The van der Waals surface area contributed by atoms with E-state index in [0.717, 1.165) is 11.3 Å². The number of nitrogens with zero attached hydrogens (tertiary/aromatic N) is 1. The van der Waals surface area contributed by atoms with E-state index in [-0.39, 0.29) is 12.8 Å². The van der Waals surface area contributed by atoms with Crippen molar-refractivity contribution in [2.24, 2.45) is 5.92 Å². The Balaban J connectivity index is 2.12. The molecule has 0 radical (unpaired) electrons. The maximum Gasteiger partial charge on any atom is 0.391 e. The fourth-order valence-electron chi connectivity index (χ4n) is 2.42. The van der Waals surface area contributed by atoms with Crippen LogP contribution in [-0.2, 0) is 5.33 Å². The van der Waals surface area contributed by atoms with Gasteiger partial charge in [0.05, 0.1) is 5.92 Å². The molecular weight excluding hydrogens is 343 g/mol. The fraction of sp³-hybridized carbons (Fsp3) is 0.538. The Bertz CT molecular complexity index is 442. The molecule has 1 aliphatic rings. The third kappa shape index (κ3) is 3.37. The highest BCUT2D eigenvalue weighted by Crippen LogP contribution is 2.37. The normalized spacial score (nSPS) is 17.8. The zero-order valence-corrected chi connectivity index (χ0v) is 12.5. The Hall–Kier alpha value is -0.420. The topological polar surface area (TPSA) is 3.24 Å². The van der Waals surface area contributed by atoms with E-state index in [2.05, 4.69) is 15.9 Å². The van der Waals surface area contributed by atoms with E-state index in [1.807, 2.05) is 17.0 Å². The molecule has 0 aliphatic carbocycles. The lowest BCUT2D eigenvalue weighted by molar-refractivity contribution is -0.179. The van der Waals surface area contributed by atoms with Crippen LogP contribution in [0.4, 0.5) is 18.9 Å². The molecule has 19 heavy (non-hydrogen) atoms. The number of piperidine rings is 1. The van der Waals surface area contributed by atoms with E-state index in [0.29, 0.717) is 23.4 Å². The van der Waals surface area contributed by atoms with Gasteiger partial charge in [-0.25, -0.2) is 0 Å². The number of benzene rings is 1. The SMILES string of the molecule is FC(F)(F)C1CCN(c2cccc(Cl)c2CBr)CC1. The zero-order valence-electron chi connectivity index (χ0n) is 10.2. The van der Waals surface area contributed by atoms with Crippen LogP contribution in [0, 0.1) is 5.92 Å². The van der Waals surface area contributed by atoms with E-state index in [1.54, 1.807) is 6.07 Å². The van der Waals surface area contributed by atoms with Crippen LogP contribution in [0.2, 0.25) is 5.02 Å². The first kappa shape index (κ1) is 15.0. The van der Waals surface area contributed by atoms with Crippen LogP contribution in [0.25, 0.3) is 0 Å². The van der Waals surface area contributed by atoms with Crippen LogP contribution in [0.15, 0.2) is 18.2 Å². The molecular formula is C13H14BrClF3N. The number of halogens is 5. The van der Waals surface area contributed by atoms with Gasteiger partial charge in [0.1, 0.15) is 0 Å². The molecule has 1 saturated heterocycles. The molecule has 1 aromatic carbocycles. The monoisotopic (exact) mass is 355 g/mol. The van der Waals surface area contributed by atoms with Gasteiger partial charge in [-0.05, 0) is 25.0 Å². The van der Waals surface area contributed by atoms with Gasteiger partial charge in [-0.3, -0.25) is 0 Å². The van der Waals surface area contributed by atoms with Gasteiger partial charge in [0.25, 0.3) is 0 Å². The molecule has 2 rings (SSSR count). The molecule has 106 valence electrons. The minimum Gasteiger partial charge on any atom is -0.371 e. The third-order valence-corrected chi connectivity index (χ3v) is 4.44. The van der Waals surface area contributed by atoms with Gasteiger partial charge >= 0.3 is 6.18 Å². The van der Waals surface area contributed by atoms with Crippen molar-refractivity contribution >= 4 is 33.2 Å². The van der Waals surface area contributed by atoms with Gasteiger partial charge in [-0.1, -0.05) is 33.6 Å². The molecule has 1 fully saturated rings. The summed E-state index contributed by atoms with van der Waals surface area (Å²) in [4.78, 5) is 1.99. The van der Waals surface area contributed by atoms with E-state index >= 15 is 0 Å². The Morgan fingerprint density at radius 2 is 1.89 bits per heavy atom. The second kappa shape index (κ2) is 5.92. The highest BCUT2D eigenvalue weighted by Gasteiger charge is 2.41. The van der Waals surface area contributed by atoms with Gasteiger partial charge in [-0.15, -0.1) is 0 Å². The average molecular weight is 357 g/mol. The highest BCUT2D eigenvalue weighted by molar-refractivity contribution is 9.08. The van der Waals surface area contributed by atoms with Crippen LogP contribution >= 0.6 is 27.5 Å². The van der Waals surface area contributed by atoms with Crippen molar-refractivity contribution in [1.82, 2.24) is 0 Å². The standard InChI is InChI=1S/C13H14BrClF3N/c14-8-10-11(15)2-1-3-12(10)19-6-4-9(5-7-19)13(16,17)18/h1-3,9H,4-8H2. The summed E-state index contributed by atoms with van der Waals surface area (Å²) in [7, 11) is 0. The molecule has 0 spiro atoms. The van der Waals surface area contributed by atoms with Gasteiger partial charge < -0.3 is 4.90 Å². The summed E-state index contributed by atoms with van der Waals surface area (Å²) in [5.41, 5.74) is 1.87. The molecule has 0 saturated carbocycles. The maximum atomic E-state index is 12.6. The first-order chi connectivity index (χ1) is 8.93. The molecule has 0 unspecified atom stereocenters. The van der Waals surface area contributed by atoms with Crippen LogP contribution in [0.5, 0.6) is 0 Å². The highest BCUT2D eigenvalue weighted by atomic mass is 79.9. The van der Waals surface area contributed by atoms with Gasteiger partial charge in [0, 0.05) is 34.7 Å². The van der Waals surface area contributed by atoms with Crippen molar-refractivity contribution in [2.75, 3.05) is 18.0 Å². The Kier molecular flexibility index (Phi) is 4.66. The predicted octanol–water partition coefficient (Wildman–Crippen LogP) is 5.01. The number of anilines is 1. The first-order valence-corrected chi connectivity index (χ1v) is 7.58. The summed E-state index contributed by atoms with van der Waals surface area (Å²) in [6, 6.07) is 5.54. The number of hydrogen-bond acceptors (Lipinski definition) is 1. The van der Waals surface area contributed by atoms with E-state index in [9.17, 15) is 13.2 Å². The Labute approximate surface area is 123 Å². The molecule has 6 heteroatoms. The minimum absolute atomic E-state index is 0.151. The summed E-state index contributed by atoms with van der Waals surface area (Å²) < 4.78 is 37.9. The van der Waals surface area contributed by atoms with Gasteiger partial charge in [0.2, 0.25) is 0 Å². The molecule has 0 aromatic heterocycles. The summed E-state index contributed by atoms with van der Waals surface area (Å²) in [6.45, 7) is 0.842. The summed E-state index contributed by atoms with van der Waals surface area (Å²) in [5.74, 6) is -1.17. The molecule has 0 N–H and O–H groups in total. The van der Waals surface area contributed by atoms with Crippen LogP contribution in [0.3, 0.4) is 0 Å². The molecule has 1 aliphatic heterocycles. The summed E-state index contributed by atoms with van der Waals surface area (Å²) in [5, 5.41) is 1.24. The van der Waals surface area contributed by atoms with Gasteiger partial charge in [0.15, 0.2) is 0 Å². The Morgan fingerprint density at radius 1 is 1.26 bits per heavy atom. The van der Waals surface area contributed by atoms with E-state index in [1.165, 1.54) is 0 Å². The lowest BCUT2D eigenvalue weighted by Gasteiger charge is -2.35. The third-order valence-electron chi connectivity index (χ3n) is 3.53. The lowest BCUT2D eigenvalue weighted by atomic mass is 9.95. The van der Waals surface area contributed by atoms with E-state index < -0.39 is 12.1 Å².